The number of hydrogen-bond donors (Lipinski definition) is 0. The van der Waals surface area contributed by atoms with Gasteiger partial charge < -0.3 is 0 Å². The van der Waals surface area contributed by atoms with Crippen LogP contribution < -0.4 is 4.31 Å². The molecule has 1 atom stereocenters. The molecule has 0 saturated heterocycles. The molecule has 7 heteroatoms. The quantitative estimate of drug-likeness (QED) is 0.558. The molecule has 3 rings (SSSR count). The largest absolute Gasteiger partial charge is 0.292 e. The number of nitriles is 1. The van der Waals surface area contributed by atoms with E-state index < -0.39 is 21.7 Å². The summed E-state index contributed by atoms with van der Waals surface area (Å²) in [6, 6.07) is 21.5. The number of pyridine rings is 1. The van der Waals surface area contributed by atoms with Crippen molar-refractivity contribution < 1.29 is 13.2 Å². The highest BCUT2D eigenvalue weighted by molar-refractivity contribution is 7.92. The summed E-state index contributed by atoms with van der Waals surface area (Å²) in [5, 5.41) is 9.48. The fraction of sp³-hybridized carbons (Fsp3) is 0.136. The molecule has 146 valence electrons. The Morgan fingerprint density at radius 1 is 1.07 bits per heavy atom. The second-order valence-electron chi connectivity index (χ2n) is 6.21. The van der Waals surface area contributed by atoms with Gasteiger partial charge in [-0.2, -0.15) is 5.26 Å². The number of carbonyl (C=O) groups excluding carboxylic acids is 1. The predicted octanol–water partition coefficient (Wildman–Crippen LogP) is 3.79. The van der Waals surface area contributed by atoms with Gasteiger partial charge >= 0.3 is 0 Å². The zero-order valence-electron chi connectivity index (χ0n) is 15.8. The van der Waals surface area contributed by atoms with Gasteiger partial charge in [-0.15, -0.1) is 0 Å². The van der Waals surface area contributed by atoms with E-state index >= 15 is 0 Å². The number of ketones is 1. The number of benzene rings is 2. The third kappa shape index (κ3) is 4.18. The number of carbonyl (C=O) groups is 1. The minimum absolute atomic E-state index is 0.00763. The zero-order valence-corrected chi connectivity index (χ0v) is 16.6. The van der Waals surface area contributed by atoms with Crippen LogP contribution in [0, 0.1) is 11.3 Å². The van der Waals surface area contributed by atoms with Gasteiger partial charge in [0.25, 0.3) is 10.0 Å². The van der Waals surface area contributed by atoms with Crippen molar-refractivity contribution in [1.82, 2.24) is 4.98 Å². The highest BCUT2D eigenvalue weighted by Gasteiger charge is 2.27. The number of Topliss-reactive ketones (excluding diaryl/α,β-unsaturated/α-hetero) is 1. The topological polar surface area (TPSA) is 91.1 Å². The highest BCUT2D eigenvalue weighted by Crippen LogP contribution is 2.25. The van der Waals surface area contributed by atoms with Crippen LogP contribution in [-0.4, -0.2) is 25.7 Å². The van der Waals surface area contributed by atoms with Crippen LogP contribution in [0.2, 0.25) is 0 Å². The first kappa shape index (κ1) is 20.2. The van der Waals surface area contributed by atoms with E-state index in [2.05, 4.69) is 4.98 Å². The van der Waals surface area contributed by atoms with Gasteiger partial charge in [0.1, 0.15) is 0 Å². The molecule has 0 fully saturated rings. The molecule has 1 heterocycles. The first-order chi connectivity index (χ1) is 14.0. The first-order valence-corrected chi connectivity index (χ1v) is 10.5. The van der Waals surface area contributed by atoms with E-state index in [0.29, 0.717) is 11.4 Å². The molecule has 1 aromatic heterocycles. The molecule has 0 aliphatic carbocycles. The molecule has 0 amide bonds. The number of anilines is 1. The lowest BCUT2D eigenvalue weighted by atomic mass is 9.95. The number of rotatable bonds is 7. The standard InChI is InChI=1S/C22H19N3O3S/c1-2-25(18-10-4-3-5-11-18)29(27,28)19-12-8-9-17(15-19)22(26)20(16-23)21-13-6-7-14-24-21/h3-15,20H,2H2,1H3/t20-/m1/s1. The maximum absolute atomic E-state index is 13.2. The summed E-state index contributed by atoms with van der Waals surface area (Å²) in [5.41, 5.74) is 1.01. The van der Waals surface area contributed by atoms with Crippen LogP contribution in [-0.2, 0) is 10.0 Å². The Morgan fingerprint density at radius 2 is 1.79 bits per heavy atom. The average molecular weight is 405 g/mol. The molecular formula is C22H19N3O3S. The highest BCUT2D eigenvalue weighted by atomic mass is 32.2. The maximum Gasteiger partial charge on any atom is 0.264 e. The lowest BCUT2D eigenvalue weighted by Gasteiger charge is -2.23. The fourth-order valence-corrected chi connectivity index (χ4v) is 4.52. The van der Waals surface area contributed by atoms with Gasteiger partial charge in [-0.3, -0.25) is 14.1 Å². The summed E-state index contributed by atoms with van der Waals surface area (Å²) >= 11 is 0. The second-order valence-corrected chi connectivity index (χ2v) is 8.08. The van der Waals surface area contributed by atoms with E-state index in [1.807, 2.05) is 12.1 Å². The van der Waals surface area contributed by atoms with E-state index in [-0.39, 0.29) is 17.0 Å². The minimum Gasteiger partial charge on any atom is -0.292 e. The Balaban J connectivity index is 1.98. The third-order valence-electron chi connectivity index (χ3n) is 4.41. The lowest BCUT2D eigenvalue weighted by molar-refractivity contribution is 0.0977. The number of para-hydroxylation sites is 1. The normalized spacial score (nSPS) is 12.0. The van der Waals surface area contributed by atoms with Gasteiger partial charge in [-0.1, -0.05) is 36.4 Å². The van der Waals surface area contributed by atoms with Crippen molar-refractivity contribution in [1.29, 1.82) is 5.26 Å². The number of hydrogen-bond acceptors (Lipinski definition) is 5. The summed E-state index contributed by atoms with van der Waals surface area (Å²) in [5.74, 6) is -1.60. The molecule has 29 heavy (non-hydrogen) atoms. The van der Waals surface area contributed by atoms with E-state index in [1.165, 1.54) is 34.8 Å². The van der Waals surface area contributed by atoms with E-state index in [9.17, 15) is 18.5 Å². The minimum atomic E-state index is -3.87. The Bertz CT molecular complexity index is 1140. The average Bonchev–Trinajstić information content (AvgIpc) is 2.76. The van der Waals surface area contributed by atoms with E-state index in [4.69, 9.17) is 0 Å². The second kappa shape index (κ2) is 8.67. The van der Waals surface area contributed by atoms with Crippen LogP contribution in [0.15, 0.2) is 83.9 Å². The smallest absolute Gasteiger partial charge is 0.264 e. The molecule has 0 saturated carbocycles. The molecule has 2 aromatic carbocycles. The van der Waals surface area contributed by atoms with Crippen molar-refractivity contribution >= 4 is 21.5 Å². The molecule has 0 aliphatic heterocycles. The van der Waals surface area contributed by atoms with E-state index in [0.717, 1.165) is 0 Å². The maximum atomic E-state index is 13.2. The Hall–Kier alpha value is -3.50. The van der Waals surface area contributed by atoms with Gasteiger partial charge in [0.15, 0.2) is 11.7 Å². The van der Waals surface area contributed by atoms with Crippen molar-refractivity contribution in [2.75, 3.05) is 10.8 Å². The molecule has 3 aromatic rings. The van der Waals surface area contributed by atoms with Crippen LogP contribution in [0.25, 0.3) is 0 Å². The van der Waals surface area contributed by atoms with Gasteiger partial charge in [0.2, 0.25) is 0 Å². The number of aromatic nitrogens is 1. The molecule has 0 spiro atoms. The van der Waals surface area contributed by atoms with Gasteiger partial charge in [0.05, 0.1) is 22.3 Å². The van der Waals surface area contributed by atoms with Gasteiger partial charge in [0, 0.05) is 18.3 Å². The SMILES string of the molecule is CCN(c1ccccc1)S(=O)(=O)c1cccc(C(=O)[C@H](C#N)c2ccccn2)c1. The Kier molecular flexibility index (Phi) is 6.05. The van der Waals surface area contributed by atoms with Crippen LogP contribution in [0.3, 0.4) is 0 Å². The predicted molar refractivity (Wildman–Crippen MR) is 110 cm³/mol. The molecule has 0 unspecified atom stereocenters. The van der Waals surface area contributed by atoms with Gasteiger partial charge in [-0.05, 0) is 43.3 Å². The fourth-order valence-electron chi connectivity index (χ4n) is 3.00. The summed E-state index contributed by atoms with van der Waals surface area (Å²) in [6.45, 7) is 1.98. The monoisotopic (exact) mass is 405 g/mol. The van der Waals surface area contributed by atoms with Crippen LogP contribution >= 0.6 is 0 Å². The molecular weight excluding hydrogens is 386 g/mol. The van der Waals surface area contributed by atoms with Crippen LogP contribution in [0.1, 0.15) is 28.9 Å². The Labute approximate surface area is 170 Å². The number of nitrogens with zero attached hydrogens (tertiary/aromatic N) is 3. The first-order valence-electron chi connectivity index (χ1n) is 9.01. The zero-order chi connectivity index (χ0) is 20.9. The summed E-state index contributed by atoms with van der Waals surface area (Å²) in [7, 11) is -3.87. The summed E-state index contributed by atoms with van der Waals surface area (Å²) in [4.78, 5) is 17.0. The van der Waals surface area contributed by atoms with Crippen molar-refractivity contribution in [3.8, 4) is 6.07 Å². The van der Waals surface area contributed by atoms with Gasteiger partial charge in [-0.25, -0.2) is 8.42 Å². The van der Waals surface area contributed by atoms with E-state index in [1.54, 1.807) is 49.4 Å². The van der Waals surface area contributed by atoms with Crippen LogP contribution in [0.4, 0.5) is 5.69 Å². The van der Waals surface area contributed by atoms with Crippen molar-refractivity contribution in [2.24, 2.45) is 0 Å². The lowest BCUT2D eigenvalue weighted by Crippen LogP contribution is -2.30. The van der Waals surface area contributed by atoms with Crippen molar-refractivity contribution in [2.45, 2.75) is 17.7 Å². The third-order valence-corrected chi connectivity index (χ3v) is 6.31. The van der Waals surface area contributed by atoms with Crippen molar-refractivity contribution in [3.05, 3.63) is 90.3 Å². The molecule has 0 aliphatic rings. The van der Waals surface area contributed by atoms with Crippen LogP contribution in [0.5, 0.6) is 0 Å². The molecule has 0 bridgehead atoms. The molecule has 0 radical (unpaired) electrons. The summed E-state index contributed by atoms with van der Waals surface area (Å²) < 4.78 is 27.6. The molecule has 0 N–H and O–H groups in total. The van der Waals surface area contributed by atoms with Crippen molar-refractivity contribution in [3.63, 3.8) is 0 Å². The Morgan fingerprint density at radius 3 is 2.41 bits per heavy atom. The summed E-state index contributed by atoms with van der Waals surface area (Å²) in [6.07, 6.45) is 1.51. The molecule has 6 nitrogen and oxygen atoms in total. The number of sulfonamides is 1.